The SMILES string of the molecule is CC(C)N(C(=O)OC(C)(C)C)c1ccccc1I. The third kappa shape index (κ3) is 4.15. The number of amides is 1. The highest BCUT2D eigenvalue weighted by atomic mass is 127. The molecule has 0 atom stereocenters. The highest BCUT2D eigenvalue weighted by Crippen LogP contribution is 2.25. The van der Waals surface area contributed by atoms with Crippen molar-refractivity contribution in [1.82, 2.24) is 0 Å². The van der Waals surface area contributed by atoms with Crippen LogP contribution in [-0.2, 0) is 4.74 Å². The van der Waals surface area contributed by atoms with Crippen LogP contribution in [0.2, 0.25) is 0 Å². The largest absolute Gasteiger partial charge is 0.443 e. The van der Waals surface area contributed by atoms with Gasteiger partial charge in [-0.25, -0.2) is 4.79 Å². The fourth-order valence-corrected chi connectivity index (χ4v) is 2.19. The minimum absolute atomic E-state index is 0.0516. The number of halogens is 1. The van der Waals surface area contributed by atoms with E-state index in [9.17, 15) is 4.79 Å². The smallest absolute Gasteiger partial charge is 0.415 e. The molecule has 0 aliphatic heterocycles. The van der Waals surface area contributed by atoms with Gasteiger partial charge in [0, 0.05) is 9.61 Å². The van der Waals surface area contributed by atoms with Gasteiger partial charge in [0.2, 0.25) is 0 Å². The molecule has 100 valence electrons. The van der Waals surface area contributed by atoms with E-state index in [0.717, 1.165) is 9.26 Å². The van der Waals surface area contributed by atoms with Gasteiger partial charge >= 0.3 is 6.09 Å². The van der Waals surface area contributed by atoms with Crippen LogP contribution in [0.4, 0.5) is 10.5 Å². The Labute approximate surface area is 123 Å². The Kier molecular flexibility index (Phi) is 5.01. The van der Waals surface area contributed by atoms with Gasteiger partial charge < -0.3 is 4.74 Å². The summed E-state index contributed by atoms with van der Waals surface area (Å²) in [7, 11) is 0. The van der Waals surface area contributed by atoms with Crippen molar-refractivity contribution in [1.29, 1.82) is 0 Å². The third-order valence-corrected chi connectivity index (χ3v) is 3.13. The van der Waals surface area contributed by atoms with Gasteiger partial charge in [-0.2, -0.15) is 0 Å². The molecule has 1 aromatic carbocycles. The Morgan fingerprint density at radius 3 is 2.28 bits per heavy atom. The van der Waals surface area contributed by atoms with Crippen molar-refractivity contribution < 1.29 is 9.53 Å². The first-order valence-corrected chi connectivity index (χ1v) is 7.07. The molecule has 0 radical (unpaired) electrons. The second-order valence-electron chi connectivity index (χ2n) is 5.40. The zero-order chi connectivity index (χ0) is 13.9. The normalized spacial score (nSPS) is 11.5. The van der Waals surface area contributed by atoms with Gasteiger partial charge in [-0.3, -0.25) is 4.90 Å². The number of anilines is 1. The molecule has 0 saturated carbocycles. The monoisotopic (exact) mass is 361 g/mol. The fraction of sp³-hybridized carbons (Fsp3) is 0.500. The lowest BCUT2D eigenvalue weighted by Crippen LogP contribution is -2.41. The van der Waals surface area contributed by atoms with Crippen LogP contribution in [0.1, 0.15) is 34.6 Å². The Bertz CT molecular complexity index is 424. The van der Waals surface area contributed by atoms with Crippen LogP contribution in [0.5, 0.6) is 0 Å². The first-order valence-electron chi connectivity index (χ1n) is 5.99. The topological polar surface area (TPSA) is 29.5 Å². The Morgan fingerprint density at radius 2 is 1.83 bits per heavy atom. The van der Waals surface area contributed by atoms with E-state index in [1.807, 2.05) is 58.9 Å². The van der Waals surface area contributed by atoms with E-state index in [2.05, 4.69) is 22.6 Å². The maximum Gasteiger partial charge on any atom is 0.415 e. The summed E-state index contributed by atoms with van der Waals surface area (Å²) in [6.45, 7) is 9.58. The van der Waals surface area contributed by atoms with Gasteiger partial charge in [-0.1, -0.05) is 12.1 Å². The van der Waals surface area contributed by atoms with Crippen molar-refractivity contribution in [3.8, 4) is 0 Å². The van der Waals surface area contributed by atoms with Crippen molar-refractivity contribution in [3.05, 3.63) is 27.8 Å². The summed E-state index contributed by atoms with van der Waals surface area (Å²) in [5.74, 6) is 0. The van der Waals surface area contributed by atoms with Gasteiger partial charge in [0.15, 0.2) is 0 Å². The summed E-state index contributed by atoms with van der Waals surface area (Å²) in [5, 5.41) is 0. The van der Waals surface area contributed by atoms with Crippen LogP contribution in [0, 0.1) is 3.57 Å². The predicted molar refractivity (Wildman–Crippen MR) is 83.0 cm³/mol. The van der Waals surface area contributed by atoms with Crippen LogP contribution in [0.3, 0.4) is 0 Å². The average molecular weight is 361 g/mol. The first-order chi connectivity index (χ1) is 8.22. The molecular formula is C14H20INO2. The van der Waals surface area contributed by atoms with Gasteiger partial charge in [0.25, 0.3) is 0 Å². The van der Waals surface area contributed by atoms with Crippen LogP contribution in [-0.4, -0.2) is 17.7 Å². The molecule has 0 heterocycles. The third-order valence-electron chi connectivity index (χ3n) is 2.22. The highest BCUT2D eigenvalue weighted by molar-refractivity contribution is 14.1. The number of hydrogen-bond acceptors (Lipinski definition) is 2. The molecule has 0 aliphatic rings. The maximum absolute atomic E-state index is 12.3. The summed E-state index contributed by atoms with van der Waals surface area (Å²) < 4.78 is 6.49. The van der Waals surface area contributed by atoms with Crippen LogP contribution >= 0.6 is 22.6 Å². The summed E-state index contributed by atoms with van der Waals surface area (Å²) in [6.07, 6.45) is -0.304. The number of nitrogens with zero attached hydrogens (tertiary/aromatic N) is 1. The summed E-state index contributed by atoms with van der Waals surface area (Å²) in [5.41, 5.74) is 0.409. The average Bonchev–Trinajstić information content (AvgIpc) is 2.17. The molecule has 3 nitrogen and oxygen atoms in total. The summed E-state index contributed by atoms with van der Waals surface area (Å²) in [6, 6.07) is 7.85. The minimum Gasteiger partial charge on any atom is -0.443 e. The lowest BCUT2D eigenvalue weighted by Gasteiger charge is -2.30. The number of carbonyl (C=O) groups is 1. The van der Waals surface area contributed by atoms with Gasteiger partial charge in [0.05, 0.1) is 5.69 Å². The highest BCUT2D eigenvalue weighted by Gasteiger charge is 2.26. The van der Waals surface area contributed by atoms with Crippen molar-refractivity contribution in [2.24, 2.45) is 0 Å². The zero-order valence-corrected chi connectivity index (χ0v) is 13.7. The number of benzene rings is 1. The molecular weight excluding hydrogens is 341 g/mol. The molecule has 0 aliphatic carbocycles. The molecule has 0 N–H and O–H groups in total. The second kappa shape index (κ2) is 5.91. The minimum atomic E-state index is -0.482. The van der Waals surface area contributed by atoms with Crippen LogP contribution in [0.25, 0.3) is 0 Å². The maximum atomic E-state index is 12.3. The summed E-state index contributed by atoms with van der Waals surface area (Å²) >= 11 is 2.23. The van der Waals surface area contributed by atoms with Crippen molar-refractivity contribution >= 4 is 34.4 Å². The number of rotatable bonds is 2. The van der Waals surface area contributed by atoms with E-state index in [0.29, 0.717) is 0 Å². The van der Waals surface area contributed by atoms with Gasteiger partial charge in [0.1, 0.15) is 5.60 Å². The number of hydrogen-bond donors (Lipinski definition) is 0. The molecule has 1 aromatic rings. The van der Waals surface area contributed by atoms with Crippen molar-refractivity contribution in [3.63, 3.8) is 0 Å². The van der Waals surface area contributed by atoms with Crippen LogP contribution < -0.4 is 4.90 Å². The van der Waals surface area contributed by atoms with E-state index in [1.54, 1.807) is 4.90 Å². The molecule has 0 bridgehead atoms. The fourth-order valence-electron chi connectivity index (χ4n) is 1.55. The molecule has 0 fully saturated rings. The summed E-state index contributed by atoms with van der Waals surface area (Å²) in [4.78, 5) is 13.9. The van der Waals surface area contributed by atoms with Crippen molar-refractivity contribution in [2.75, 3.05) is 4.90 Å². The van der Waals surface area contributed by atoms with Gasteiger partial charge in [-0.05, 0) is 69.3 Å². The lowest BCUT2D eigenvalue weighted by atomic mass is 10.2. The van der Waals surface area contributed by atoms with Crippen LogP contribution in [0.15, 0.2) is 24.3 Å². The number of carbonyl (C=O) groups excluding carboxylic acids is 1. The number of ether oxygens (including phenoxy) is 1. The molecule has 4 heteroatoms. The Balaban J connectivity index is 3.05. The van der Waals surface area contributed by atoms with E-state index >= 15 is 0 Å². The molecule has 1 rings (SSSR count). The molecule has 0 aromatic heterocycles. The van der Waals surface area contributed by atoms with E-state index < -0.39 is 5.60 Å². The van der Waals surface area contributed by atoms with Gasteiger partial charge in [-0.15, -0.1) is 0 Å². The van der Waals surface area contributed by atoms with E-state index in [1.165, 1.54) is 0 Å². The molecule has 1 amide bonds. The Morgan fingerprint density at radius 1 is 1.28 bits per heavy atom. The number of para-hydroxylation sites is 1. The lowest BCUT2D eigenvalue weighted by molar-refractivity contribution is 0.0570. The second-order valence-corrected chi connectivity index (χ2v) is 6.56. The standard InChI is InChI=1S/C14H20INO2/c1-10(2)16(13(17)18-14(3,4)5)12-9-7-6-8-11(12)15/h6-10H,1-5H3. The van der Waals surface area contributed by atoms with E-state index in [-0.39, 0.29) is 12.1 Å². The molecule has 0 saturated heterocycles. The molecule has 0 spiro atoms. The molecule has 18 heavy (non-hydrogen) atoms. The zero-order valence-electron chi connectivity index (χ0n) is 11.5. The van der Waals surface area contributed by atoms with E-state index in [4.69, 9.17) is 4.74 Å². The van der Waals surface area contributed by atoms with Crippen molar-refractivity contribution in [2.45, 2.75) is 46.3 Å². The Hall–Kier alpha value is -0.780. The first kappa shape index (κ1) is 15.3. The molecule has 0 unspecified atom stereocenters. The predicted octanol–water partition coefficient (Wildman–Crippen LogP) is 4.44. The quantitative estimate of drug-likeness (QED) is 0.729.